The first kappa shape index (κ1) is 8.01. The number of piperidine rings is 1. The molecule has 3 atom stereocenters. The zero-order chi connectivity index (χ0) is 8.77. The number of nitrogens with zero attached hydrogens (tertiary/aromatic N) is 1. The summed E-state index contributed by atoms with van der Waals surface area (Å²) in [4.78, 5) is 12.6. The second kappa shape index (κ2) is 2.44. The maximum Gasteiger partial charge on any atom is 0.306 e. The van der Waals surface area contributed by atoms with Crippen molar-refractivity contribution in [3.05, 3.63) is 0 Å². The van der Waals surface area contributed by atoms with Gasteiger partial charge in [-0.2, -0.15) is 0 Å². The van der Waals surface area contributed by atoms with Crippen molar-refractivity contribution in [3.8, 4) is 0 Å². The van der Waals surface area contributed by atoms with Crippen LogP contribution in [0.5, 0.6) is 0 Å². The number of carbonyl (C=O) groups is 1. The molecule has 4 heteroatoms. The standard InChI is InChI=1S/C8H14N2O2/c9-8(4-7(11)12)3-6-1-2-10(8)5-6/h6H,1-5,9H2,(H,11,12). The van der Waals surface area contributed by atoms with Crippen molar-refractivity contribution in [2.75, 3.05) is 13.1 Å². The van der Waals surface area contributed by atoms with Gasteiger partial charge in [-0.1, -0.05) is 0 Å². The topological polar surface area (TPSA) is 66.6 Å². The van der Waals surface area contributed by atoms with Crippen LogP contribution in [-0.2, 0) is 4.79 Å². The summed E-state index contributed by atoms with van der Waals surface area (Å²) in [6.45, 7) is 1.98. The second-order valence-corrected chi connectivity index (χ2v) is 3.98. The fraction of sp³-hybridized carbons (Fsp3) is 0.875. The van der Waals surface area contributed by atoms with Gasteiger partial charge in [0.25, 0.3) is 0 Å². The first-order chi connectivity index (χ1) is 5.60. The van der Waals surface area contributed by atoms with E-state index in [1.807, 2.05) is 0 Å². The lowest BCUT2D eigenvalue weighted by Gasteiger charge is -2.34. The number of fused-ring (bicyclic) bond motifs is 2. The molecule has 4 nitrogen and oxygen atoms in total. The predicted octanol–water partition coefficient (Wildman–Crippen LogP) is -0.158. The Morgan fingerprint density at radius 1 is 1.75 bits per heavy atom. The lowest BCUT2D eigenvalue weighted by molar-refractivity contribution is -0.140. The van der Waals surface area contributed by atoms with Gasteiger partial charge < -0.3 is 10.8 Å². The fourth-order valence-electron chi connectivity index (χ4n) is 2.48. The van der Waals surface area contributed by atoms with Crippen molar-refractivity contribution in [2.45, 2.75) is 24.9 Å². The molecule has 2 aliphatic heterocycles. The highest BCUT2D eigenvalue weighted by molar-refractivity contribution is 5.68. The maximum atomic E-state index is 10.5. The van der Waals surface area contributed by atoms with Gasteiger partial charge in [0.15, 0.2) is 0 Å². The van der Waals surface area contributed by atoms with Gasteiger partial charge in [0.2, 0.25) is 0 Å². The highest BCUT2D eigenvalue weighted by Gasteiger charge is 2.47. The highest BCUT2D eigenvalue weighted by atomic mass is 16.4. The van der Waals surface area contributed by atoms with Crippen LogP contribution in [0.2, 0.25) is 0 Å². The number of carboxylic acids is 1. The van der Waals surface area contributed by atoms with Crippen molar-refractivity contribution in [2.24, 2.45) is 11.7 Å². The molecule has 0 aromatic carbocycles. The summed E-state index contributed by atoms with van der Waals surface area (Å²) in [5.41, 5.74) is 5.46. The first-order valence-electron chi connectivity index (χ1n) is 4.36. The average molecular weight is 170 g/mol. The summed E-state index contributed by atoms with van der Waals surface area (Å²) in [6.07, 6.45) is 2.14. The van der Waals surface area contributed by atoms with Crippen LogP contribution < -0.4 is 5.73 Å². The monoisotopic (exact) mass is 170 g/mol. The maximum absolute atomic E-state index is 10.5. The Morgan fingerprint density at radius 3 is 2.92 bits per heavy atom. The summed E-state index contributed by atoms with van der Waals surface area (Å²) in [5, 5.41) is 8.66. The van der Waals surface area contributed by atoms with Crippen molar-refractivity contribution in [1.29, 1.82) is 0 Å². The van der Waals surface area contributed by atoms with Crippen molar-refractivity contribution >= 4 is 5.97 Å². The molecule has 0 saturated carbocycles. The molecule has 0 spiro atoms. The molecule has 0 aromatic heterocycles. The molecule has 12 heavy (non-hydrogen) atoms. The first-order valence-corrected chi connectivity index (χ1v) is 4.36. The zero-order valence-electron chi connectivity index (χ0n) is 6.99. The molecular weight excluding hydrogens is 156 g/mol. The molecule has 3 unspecified atom stereocenters. The lowest BCUT2D eigenvalue weighted by atomic mass is 9.93. The fourth-order valence-corrected chi connectivity index (χ4v) is 2.48. The SMILES string of the molecule is NC1(CC(=O)O)CC2CCN1C2. The molecule has 0 aromatic rings. The van der Waals surface area contributed by atoms with E-state index in [4.69, 9.17) is 10.8 Å². The number of hydrogen-bond acceptors (Lipinski definition) is 3. The third kappa shape index (κ3) is 1.11. The van der Waals surface area contributed by atoms with E-state index in [9.17, 15) is 4.79 Å². The Kier molecular flexibility index (Phi) is 1.63. The predicted molar refractivity (Wildman–Crippen MR) is 43.5 cm³/mol. The minimum atomic E-state index is -0.787. The van der Waals surface area contributed by atoms with E-state index < -0.39 is 11.6 Å². The van der Waals surface area contributed by atoms with Crippen LogP contribution in [0.15, 0.2) is 0 Å². The summed E-state index contributed by atoms with van der Waals surface area (Å²) < 4.78 is 0. The Balaban J connectivity index is 2.07. The summed E-state index contributed by atoms with van der Waals surface area (Å²) >= 11 is 0. The van der Waals surface area contributed by atoms with Crippen molar-refractivity contribution in [1.82, 2.24) is 4.90 Å². The van der Waals surface area contributed by atoms with Crippen LogP contribution in [0.4, 0.5) is 0 Å². The van der Waals surface area contributed by atoms with E-state index in [2.05, 4.69) is 4.90 Å². The number of rotatable bonds is 2. The number of hydrogen-bond donors (Lipinski definition) is 2. The van der Waals surface area contributed by atoms with E-state index in [-0.39, 0.29) is 6.42 Å². The summed E-state index contributed by atoms with van der Waals surface area (Å²) in [7, 11) is 0. The molecule has 2 saturated heterocycles. The van der Waals surface area contributed by atoms with E-state index >= 15 is 0 Å². The molecule has 2 rings (SSSR count). The van der Waals surface area contributed by atoms with Crippen LogP contribution in [0.1, 0.15) is 19.3 Å². The molecule has 2 fully saturated rings. The quantitative estimate of drug-likeness (QED) is 0.604. The zero-order valence-corrected chi connectivity index (χ0v) is 6.99. The minimum absolute atomic E-state index is 0.0868. The lowest BCUT2D eigenvalue weighted by Crippen LogP contribution is -2.53. The molecule has 0 aliphatic carbocycles. The van der Waals surface area contributed by atoms with E-state index in [0.29, 0.717) is 5.92 Å². The molecule has 68 valence electrons. The van der Waals surface area contributed by atoms with Gasteiger partial charge in [0, 0.05) is 13.1 Å². The average Bonchev–Trinajstić information content (AvgIpc) is 2.42. The normalized spacial score (nSPS) is 45.1. The van der Waals surface area contributed by atoms with Crippen LogP contribution in [0.25, 0.3) is 0 Å². The van der Waals surface area contributed by atoms with Gasteiger partial charge in [-0.05, 0) is 18.8 Å². The molecule has 2 heterocycles. The Bertz CT molecular complexity index is 219. The molecule has 0 amide bonds. The molecule has 0 radical (unpaired) electrons. The molecular formula is C8H14N2O2. The molecule has 2 aliphatic rings. The van der Waals surface area contributed by atoms with Crippen LogP contribution in [0.3, 0.4) is 0 Å². The number of aliphatic carboxylic acids is 1. The summed E-state index contributed by atoms with van der Waals surface area (Å²) in [6, 6.07) is 0. The van der Waals surface area contributed by atoms with Gasteiger partial charge in [-0.15, -0.1) is 0 Å². The van der Waals surface area contributed by atoms with Gasteiger partial charge in [-0.25, -0.2) is 0 Å². The van der Waals surface area contributed by atoms with E-state index in [1.54, 1.807) is 0 Å². The molecule has 2 bridgehead atoms. The van der Waals surface area contributed by atoms with E-state index in [1.165, 1.54) is 6.42 Å². The van der Waals surface area contributed by atoms with Gasteiger partial charge in [0.05, 0.1) is 12.1 Å². The minimum Gasteiger partial charge on any atom is -0.481 e. The van der Waals surface area contributed by atoms with Gasteiger partial charge >= 0.3 is 5.97 Å². The Morgan fingerprint density at radius 2 is 2.50 bits per heavy atom. The smallest absolute Gasteiger partial charge is 0.306 e. The third-order valence-corrected chi connectivity index (χ3v) is 3.02. The van der Waals surface area contributed by atoms with Crippen LogP contribution in [-0.4, -0.2) is 34.7 Å². The third-order valence-electron chi connectivity index (χ3n) is 3.02. The number of carboxylic acid groups (broad SMARTS) is 1. The van der Waals surface area contributed by atoms with Gasteiger partial charge in [-0.3, -0.25) is 9.69 Å². The van der Waals surface area contributed by atoms with Crippen molar-refractivity contribution in [3.63, 3.8) is 0 Å². The largest absolute Gasteiger partial charge is 0.481 e. The highest BCUT2D eigenvalue weighted by Crippen LogP contribution is 2.39. The molecule has 3 N–H and O–H groups in total. The van der Waals surface area contributed by atoms with Crippen molar-refractivity contribution < 1.29 is 9.90 Å². The van der Waals surface area contributed by atoms with Gasteiger partial charge in [0.1, 0.15) is 0 Å². The van der Waals surface area contributed by atoms with E-state index in [0.717, 1.165) is 19.5 Å². The second-order valence-electron chi connectivity index (χ2n) is 3.98. The van der Waals surface area contributed by atoms with Crippen LogP contribution in [0, 0.1) is 5.92 Å². The number of nitrogens with two attached hydrogens (primary N) is 1. The Hall–Kier alpha value is -0.610. The Labute approximate surface area is 71.3 Å². The summed E-state index contributed by atoms with van der Waals surface area (Å²) in [5.74, 6) is -0.139. The van der Waals surface area contributed by atoms with Crippen LogP contribution >= 0.6 is 0 Å².